The van der Waals surface area contributed by atoms with Crippen molar-refractivity contribution >= 4 is 17.7 Å². The van der Waals surface area contributed by atoms with Crippen molar-refractivity contribution in [3.05, 3.63) is 60.2 Å². The Morgan fingerprint density at radius 3 is 2.67 bits per heavy atom. The van der Waals surface area contributed by atoms with Crippen molar-refractivity contribution in [3.8, 4) is 11.5 Å². The minimum absolute atomic E-state index is 0.0253. The van der Waals surface area contributed by atoms with E-state index in [1.807, 2.05) is 66.4 Å². The first kappa shape index (κ1) is 16.7. The average molecular weight is 343 g/mol. The number of thioether (sulfide) groups is 1. The highest BCUT2D eigenvalue weighted by atomic mass is 32.2. The van der Waals surface area contributed by atoms with Crippen molar-refractivity contribution in [1.29, 1.82) is 0 Å². The molecule has 0 bridgehead atoms. The number of nitrogens with zero attached hydrogens (tertiary/aromatic N) is 1. The van der Waals surface area contributed by atoms with Crippen LogP contribution in [0.1, 0.15) is 17.9 Å². The van der Waals surface area contributed by atoms with Crippen LogP contribution in [0.3, 0.4) is 0 Å². The summed E-state index contributed by atoms with van der Waals surface area (Å²) in [5.41, 5.74) is 1.09. The quantitative estimate of drug-likeness (QED) is 0.768. The van der Waals surface area contributed by atoms with Crippen LogP contribution >= 0.6 is 11.8 Å². The van der Waals surface area contributed by atoms with E-state index in [9.17, 15) is 4.79 Å². The highest BCUT2D eigenvalue weighted by Gasteiger charge is 2.32. The number of carbonyl (C=O) groups excluding carboxylic acids is 1. The number of hydrogen-bond donors (Lipinski definition) is 0. The summed E-state index contributed by atoms with van der Waals surface area (Å²) < 4.78 is 11.3. The molecular formula is C19H21NO3S. The summed E-state index contributed by atoms with van der Waals surface area (Å²) in [5.74, 6) is 2.33. The normalized spacial score (nSPS) is 17.1. The Labute approximate surface area is 146 Å². The molecule has 1 unspecified atom stereocenters. The molecule has 1 atom stereocenters. The van der Waals surface area contributed by atoms with Crippen LogP contribution in [0.25, 0.3) is 0 Å². The van der Waals surface area contributed by atoms with Crippen LogP contribution in [0.4, 0.5) is 0 Å². The number of para-hydroxylation sites is 1. The summed E-state index contributed by atoms with van der Waals surface area (Å²) >= 11 is 1.65. The Hall–Kier alpha value is -2.14. The van der Waals surface area contributed by atoms with Gasteiger partial charge in [-0.2, -0.15) is 0 Å². The van der Waals surface area contributed by atoms with Gasteiger partial charge in [-0.15, -0.1) is 11.8 Å². The van der Waals surface area contributed by atoms with E-state index < -0.39 is 0 Å². The molecule has 0 radical (unpaired) electrons. The van der Waals surface area contributed by atoms with Gasteiger partial charge in [0.05, 0.1) is 18.9 Å². The third kappa shape index (κ3) is 4.03. The molecule has 2 aromatic rings. The van der Waals surface area contributed by atoms with Gasteiger partial charge in [-0.3, -0.25) is 4.79 Å². The van der Waals surface area contributed by atoms with Crippen LogP contribution in [0.5, 0.6) is 11.5 Å². The standard InChI is InChI=1S/C19H21NO3S/c1-2-22-17-10-6-7-15(13-17)19-20(18(21)14-24-19)11-12-23-16-8-4-3-5-9-16/h3-10,13,19H,2,11-12,14H2,1H3. The molecule has 24 heavy (non-hydrogen) atoms. The van der Waals surface area contributed by atoms with Gasteiger partial charge in [-0.25, -0.2) is 0 Å². The lowest BCUT2D eigenvalue weighted by molar-refractivity contribution is -0.128. The smallest absolute Gasteiger partial charge is 0.233 e. The molecule has 126 valence electrons. The van der Waals surface area contributed by atoms with Gasteiger partial charge in [0.2, 0.25) is 5.91 Å². The predicted octanol–water partition coefficient (Wildman–Crippen LogP) is 3.74. The molecule has 5 heteroatoms. The van der Waals surface area contributed by atoms with E-state index in [0.29, 0.717) is 25.5 Å². The van der Waals surface area contributed by atoms with Gasteiger partial charge in [0.1, 0.15) is 23.5 Å². The molecule has 2 aromatic carbocycles. The number of amides is 1. The van der Waals surface area contributed by atoms with Crippen molar-refractivity contribution in [1.82, 2.24) is 4.90 Å². The molecule has 0 N–H and O–H groups in total. The van der Waals surface area contributed by atoms with Crippen LogP contribution in [-0.4, -0.2) is 36.3 Å². The van der Waals surface area contributed by atoms with E-state index in [0.717, 1.165) is 17.1 Å². The first-order valence-electron chi connectivity index (χ1n) is 8.09. The summed E-state index contributed by atoms with van der Waals surface area (Å²) in [5, 5.41) is 0.0253. The van der Waals surface area contributed by atoms with Gasteiger partial charge in [0.15, 0.2) is 0 Å². The van der Waals surface area contributed by atoms with Gasteiger partial charge in [-0.05, 0) is 36.8 Å². The number of hydrogen-bond acceptors (Lipinski definition) is 4. The van der Waals surface area contributed by atoms with Crippen LogP contribution in [0.15, 0.2) is 54.6 Å². The first-order chi connectivity index (χ1) is 11.8. The highest BCUT2D eigenvalue weighted by molar-refractivity contribution is 8.00. The number of rotatable bonds is 7. The second-order valence-corrected chi connectivity index (χ2v) is 6.49. The van der Waals surface area contributed by atoms with E-state index >= 15 is 0 Å². The molecule has 3 rings (SSSR count). The second kappa shape index (κ2) is 8.11. The van der Waals surface area contributed by atoms with Crippen molar-refractivity contribution in [2.75, 3.05) is 25.5 Å². The third-order valence-electron chi connectivity index (χ3n) is 3.77. The SMILES string of the molecule is CCOc1cccc(C2SCC(=O)N2CCOc2ccccc2)c1. The molecule has 1 aliphatic heterocycles. The van der Waals surface area contributed by atoms with E-state index in [4.69, 9.17) is 9.47 Å². The van der Waals surface area contributed by atoms with Gasteiger partial charge in [-0.1, -0.05) is 30.3 Å². The fourth-order valence-corrected chi connectivity index (χ4v) is 3.88. The molecule has 1 fully saturated rings. The van der Waals surface area contributed by atoms with Gasteiger partial charge < -0.3 is 14.4 Å². The molecule has 0 saturated carbocycles. The molecular weight excluding hydrogens is 322 g/mol. The van der Waals surface area contributed by atoms with Crippen molar-refractivity contribution < 1.29 is 14.3 Å². The first-order valence-corrected chi connectivity index (χ1v) is 9.14. The van der Waals surface area contributed by atoms with Crippen molar-refractivity contribution in [2.24, 2.45) is 0 Å². The monoisotopic (exact) mass is 343 g/mol. The zero-order valence-electron chi connectivity index (χ0n) is 13.7. The molecule has 1 saturated heterocycles. The molecule has 0 spiro atoms. The third-order valence-corrected chi connectivity index (χ3v) is 5.02. The van der Waals surface area contributed by atoms with Gasteiger partial charge in [0.25, 0.3) is 0 Å². The number of carbonyl (C=O) groups is 1. The topological polar surface area (TPSA) is 38.8 Å². The average Bonchev–Trinajstić information content (AvgIpc) is 2.97. The maximum atomic E-state index is 12.2. The Morgan fingerprint density at radius 1 is 1.08 bits per heavy atom. The maximum Gasteiger partial charge on any atom is 0.233 e. The Kier molecular flexibility index (Phi) is 5.64. The largest absolute Gasteiger partial charge is 0.494 e. The lowest BCUT2D eigenvalue weighted by Crippen LogP contribution is -2.32. The summed E-state index contributed by atoms with van der Waals surface area (Å²) in [6, 6.07) is 17.7. The molecule has 0 aliphatic carbocycles. The fraction of sp³-hybridized carbons (Fsp3) is 0.316. The Balaban J connectivity index is 1.64. The lowest BCUT2D eigenvalue weighted by atomic mass is 10.2. The minimum Gasteiger partial charge on any atom is -0.494 e. The molecule has 0 aromatic heterocycles. The van der Waals surface area contributed by atoms with Crippen LogP contribution in [0, 0.1) is 0 Å². The minimum atomic E-state index is 0.0253. The summed E-state index contributed by atoms with van der Waals surface area (Å²) in [4.78, 5) is 14.1. The Morgan fingerprint density at radius 2 is 1.88 bits per heavy atom. The van der Waals surface area contributed by atoms with Crippen molar-refractivity contribution in [3.63, 3.8) is 0 Å². The molecule has 1 aliphatic rings. The van der Waals surface area contributed by atoms with E-state index in [1.54, 1.807) is 11.8 Å². The van der Waals surface area contributed by atoms with E-state index in [-0.39, 0.29) is 11.3 Å². The molecule has 4 nitrogen and oxygen atoms in total. The number of ether oxygens (including phenoxy) is 2. The fourth-order valence-electron chi connectivity index (χ4n) is 2.68. The number of benzene rings is 2. The zero-order chi connectivity index (χ0) is 16.8. The lowest BCUT2D eigenvalue weighted by Gasteiger charge is -2.24. The molecule has 1 heterocycles. The van der Waals surface area contributed by atoms with E-state index in [2.05, 4.69) is 0 Å². The molecule has 1 amide bonds. The maximum absolute atomic E-state index is 12.2. The van der Waals surface area contributed by atoms with Gasteiger partial charge in [0, 0.05) is 0 Å². The summed E-state index contributed by atoms with van der Waals surface area (Å²) in [7, 11) is 0. The van der Waals surface area contributed by atoms with Crippen LogP contribution in [-0.2, 0) is 4.79 Å². The van der Waals surface area contributed by atoms with Gasteiger partial charge >= 0.3 is 0 Å². The second-order valence-electron chi connectivity index (χ2n) is 5.42. The summed E-state index contributed by atoms with van der Waals surface area (Å²) in [6.07, 6.45) is 0. The van der Waals surface area contributed by atoms with Crippen LogP contribution < -0.4 is 9.47 Å². The van der Waals surface area contributed by atoms with E-state index in [1.165, 1.54) is 0 Å². The van der Waals surface area contributed by atoms with Crippen molar-refractivity contribution in [2.45, 2.75) is 12.3 Å². The highest BCUT2D eigenvalue weighted by Crippen LogP contribution is 2.39. The Bertz CT molecular complexity index is 677. The summed E-state index contributed by atoms with van der Waals surface area (Å²) in [6.45, 7) is 3.66. The van der Waals surface area contributed by atoms with Crippen LogP contribution in [0.2, 0.25) is 0 Å². The predicted molar refractivity (Wildman–Crippen MR) is 96.5 cm³/mol. The zero-order valence-corrected chi connectivity index (χ0v) is 14.5.